The molecule has 0 saturated carbocycles. The van der Waals surface area contributed by atoms with E-state index in [0.717, 1.165) is 107 Å². The third-order valence-electron chi connectivity index (χ3n) is 9.78. The van der Waals surface area contributed by atoms with Crippen molar-refractivity contribution in [1.29, 1.82) is 0 Å². The van der Waals surface area contributed by atoms with E-state index in [9.17, 15) is 19.2 Å². The molecule has 0 saturated heterocycles. The van der Waals surface area contributed by atoms with Gasteiger partial charge < -0.3 is 18.9 Å². The first-order valence-electron chi connectivity index (χ1n) is 22.6. The molecule has 8 nitrogen and oxygen atoms in total. The highest BCUT2D eigenvalue weighted by Crippen LogP contribution is 2.13. The lowest BCUT2D eigenvalue weighted by molar-refractivity contribution is -0.146. The van der Waals surface area contributed by atoms with Crippen molar-refractivity contribution in [2.75, 3.05) is 13.2 Å². The molecule has 0 fully saturated rings. The normalized spacial score (nSPS) is 10.6. The minimum absolute atomic E-state index is 0.0585. The fourth-order valence-electron chi connectivity index (χ4n) is 6.22. The van der Waals surface area contributed by atoms with Crippen molar-refractivity contribution in [2.24, 2.45) is 0 Å². The summed E-state index contributed by atoms with van der Waals surface area (Å²) in [5.74, 6) is -0.385. The topological polar surface area (TPSA) is 105 Å². The van der Waals surface area contributed by atoms with Crippen molar-refractivity contribution in [2.45, 2.75) is 200 Å². The van der Waals surface area contributed by atoms with E-state index in [1.807, 2.05) is 60.7 Å². The van der Waals surface area contributed by atoms with Gasteiger partial charge in [-0.1, -0.05) is 184 Å². The molecular formula is C49H78O8. The Labute approximate surface area is 346 Å². The maximum absolute atomic E-state index is 11.7. The third kappa shape index (κ3) is 35.2. The summed E-state index contributed by atoms with van der Waals surface area (Å²) in [4.78, 5) is 46.8. The van der Waals surface area contributed by atoms with E-state index < -0.39 is 0 Å². The Morgan fingerprint density at radius 3 is 0.912 bits per heavy atom. The van der Waals surface area contributed by atoms with Crippen LogP contribution in [0.1, 0.15) is 198 Å². The van der Waals surface area contributed by atoms with Gasteiger partial charge in [0.2, 0.25) is 0 Å². The number of carbonyl (C=O) groups excluding carboxylic acids is 4. The maximum atomic E-state index is 11.7. The molecule has 0 spiro atoms. The van der Waals surface area contributed by atoms with Gasteiger partial charge in [0.25, 0.3) is 0 Å². The zero-order chi connectivity index (χ0) is 41.3. The van der Waals surface area contributed by atoms with Gasteiger partial charge in [-0.2, -0.15) is 0 Å². The van der Waals surface area contributed by atoms with E-state index in [-0.39, 0.29) is 23.9 Å². The Kier molecular flexibility index (Phi) is 35.3. The number of ether oxygens (including phenoxy) is 4. The molecule has 0 unspecified atom stereocenters. The number of unbranched alkanes of at least 4 members (excludes halogenated alkanes) is 19. The molecule has 0 amide bonds. The molecule has 0 aliphatic rings. The van der Waals surface area contributed by atoms with Crippen LogP contribution in [0.15, 0.2) is 60.7 Å². The highest BCUT2D eigenvalue weighted by molar-refractivity contribution is 5.70. The van der Waals surface area contributed by atoms with Crippen LogP contribution in [0.25, 0.3) is 0 Å². The van der Waals surface area contributed by atoms with Gasteiger partial charge in [0, 0.05) is 25.7 Å². The van der Waals surface area contributed by atoms with Gasteiger partial charge in [-0.15, -0.1) is 0 Å². The van der Waals surface area contributed by atoms with Gasteiger partial charge >= 0.3 is 23.9 Å². The van der Waals surface area contributed by atoms with Crippen LogP contribution in [-0.2, 0) is 51.3 Å². The lowest BCUT2D eigenvalue weighted by atomic mass is 10.1. The minimum Gasteiger partial charge on any atom is -0.466 e. The fourth-order valence-corrected chi connectivity index (χ4v) is 6.22. The number of benzene rings is 2. The Morgan fingerprint density at radius 2 is 0.596 bits per heavy atom. The molecule has 322 valence electrons. The second-order valence-electron chi connectivity index (χ2n) is 15.2. The molecule has 2 rings (SSSR count). The van der Waals surface area contributed by atoms with Crippen LogP contribution >= 0.6 is 0 Å². The van der Waals surface area contributed by atoms with Gasteiger partial charge in [-0.25, -0.2) is 0 Å². The van der Waals surface area contributed by atoms with Crippen molar-refractivity contribution in [1.82, 2.24) is 0 Å². The van der Waals surface area contributed by atoms with Crippen molar-refractivity contribution < 1.29 is 38.1 Å². The molecule has 0 N–H and O–H groups in total. The molecule has 2 aromatic rings. The number of hydrogen-bond acceptors (Lipinski definition) is 8. The van der Waals surface area contributed by atoms with Crippen LogP contribution < -0.4 is 0 Å². The molecule has 0 radical (unpaired) electrons. The zero-order valence-electron chi connectivity index (χ0n) is 36.0. The predicted molar refractivity (Wildman–Crippen MR) is 230 cm³/mol. The van der Waals surface area contributed by atoms with Crippen molar-refractivity contribution in [3.05, 3.63) is 71.8 Å². The summed E-state index contributed by atoms with van der Waals surface area (Å²) in [7, 11) is 0. The molecule has 0 aliphatic heterocycles. The lowest BCUT2D eigenvalue weighted by Gasteiger charge is -2.06. The van der Waals surface area contributed by atoms with E-state index in [1.54, 1.807) is 0 Å². The SMILES string of the molecule is CCCCCCCCOC(=O)CCCCCCCC(=O)OCCCCCCCC.O=C(CCCCCCCCC(=O)OCc1ccccc1)OCc1ccccc1. The second kappa shape index (κ2) is 39.2. The first kappa shape index (κ1) is 51.3. The molecule has 0 aliphatic carbocycles. The summed E-state index contributed by atoms with van der Waals surface area (Å²) >= 11 is 0. The summed E-state index contributed by atoms with van der Waals surface area (Å²) < 4.78 is 21.1. The molecular weight excluding hydrogens is 717 g/mol. The average Bonchev–Trinajstić information content (AvgIpc) is 3.23. The van der Waals surface area contributed by atoms with Gasteiger partial charge in [0.1, 0.15) is 13.2 Å². The summed E-state index contributed by atoms with van der Waals surface area (Å²) in [6, 6.07) is 19.4. The standard InChI is InChI=1S/C25H48O4.C24H30O4/c1-3-5-7-9-14-18-22-28-24(26)20-16-12-11-13-17-21-25(27)29-23-19-15-10-8-6-4-2;25-23(27-19-21-13-7-5-8-14-21)17-11-3-1-2-4-12-18-24(26)28-20-22-15-9-6-10-16-22/h3-23H2,1-2H3;5-10,13-16H,1-4,11-12,17-20H2. The fraction of sp³-hybridized carbons (Fsp3) is 0.673. The smallest absolute Gasteiger partial charge is 0.306 e. The first-order chi connectivity index (χ1) is 27.9. The lowest BCUT2D eigenvalue weighted by Crippen LogP contribution is -2.06. The largest absolute Gasteiger partial charge is 0.466 e. The summed E-state index contributed by atoms with van der Waals surface area (Å²) in [6.07, 6.45) is 27.3. The van der Waals surface area contributed by atoms with Crippen molar-refractivity contribution in [3.63, 3.8) is 0 Å². The summed E-state index contributed by atoms with van der Waals surface area (Å²) in [6.45, 7) is 6.28. The summed E-state index contributed by atoms with van der Waals surface area (Å²) in [5, 5.41) is 0. The quantitative estimate of drug-likeness (QED) is 0.0386. The Morgan fingerprint density at radius 1 is 0.333 bits per heavy atom. The molecule has 8 heteroatoms. The van der Waals surface area contributed by atoms with Crippen LogP contribution in [0.2, 0.25) is 0 Å². The second-order valence-corrected chi connectivity index (χ2v) is 15.2. The van der Waals surface area contributed by atoms with Crippen molar-refractivity contribution >= 4 is 23.9 Å². The van der Waals surface area contributed by atoms with Crippen LogP contribution in [0.3, 0.4) is 0 Å². The Bertz CT molecular complexity index is 1140. The average molecular weight is 795 g/mol. The molecule has 0 heterocycles. The van der Waals surface area contributed by atoms with E-state index in [2.05, 4.69) is 13.8 Å². The van der Waals surface area contributed by atoms with Crippen molar-refractivity contribution in [3.8, 4) is 0 Å². The number of esters is 4. The highest BCUT2D eigenvalue weighted by atomic mass is 16.5. The Balaban J connectivity index is 0.000000570. The van der Waals surface area contributed by atoms with Gasteiger partial charge in [0.05, 0.1) is 13.2 Å². The molecule has 0 aromatic heterocycles. The Hall–Kier alpha value is -3.68. The van der Waals surface area contributed by atoms with Crippen LogP contribution in [0.5, 0.6) is 0 Å². The molecule has 0 atom stereocenters. The highest BCUT2D eigenvalue weighted by Gasteiger charge is 2.07. The molecule has 2 aromatic carbocycles. The monoisotopic (exact) mass is 795 g/mol. The van der Waals surface area contributed by atoms with Crippen LogP contribution in [0, 0.1) is 0 Å². The van der Waals surface area contributed by atoms with Crippen LogP contribution in [0.4, 0.5) is 0 Å². The van der Waals surface area contributed by atoms with E-state index in [4.69, 9.17) is 18.9 Å². The third-order valence-corrected chi connectivity index (χ3v) is 9.78. The van der Waals surface area contributed by atoms with E-state index in [0.29, 0.717) is 52.1 Å². The molecule has 57 heavy (non-hydrogen) atoms. The number of carbonyl (C=O) groups is 4. The van der Waals surface area contributed by atoms with Gasteiger partial charge in [-0.05, 0) is 49.7 Å². The number of rotatable bonds is 35. The predicted octanol–water partition coefficient (Wildman–Crippen LogP) is 13.1. The number of hydrogen-bond donors (Lipinski definition) is 0. The maximum Gasteiger partial charge on any atom is 0.306 e. The van der Waals surface area contributed by atoms with Gasteiger partial charge in [-0.3, -0.25) is 19.2 Å². The zero-order valence-corrected chi connectivity index (χ0v) is 36.0. The first-order valence-corrected chi connectivity index (χ1v) is 22.6. The van der Waals surface area contributed by atoms with Gasteiger partial charge in [0.15, 0.2) is 0 Å². The van der Waals surface area contributed by atoms with E-state index >= 15 is 0 Å². The van der Waals surface area contributed by atoms with Crippen LogP contribution in [-0.4, -0.2) is 37.1 Å². The minimum atomic E-state index is -0.134. The van der Waals surface area contributed by atoms with E-state index in [1.165, 1.54) is 51.4 Å². The molecule has 0 bridgehead atoms. The summed E-state index contributed by atoms with van der Waals surface area (Å²) in [5.41, 5.74) is 2.02.